The third kappa shape index (κ3) is 4.03. The molecule has 4 aliphatic rings. The van der Waals surface area contributed by atoms with Gasteiger partial charge in [0, 0.05) is 11.8 Å². The van der Waals surface area contributed by atoms with Crippen LogP contribution in [0.25, 0.3) is 0 Å². The zero-order valence-corrected chi connectivity index (χ0v) is 20.3. The van der Waals surface area contributed by atoms with E-state index < -0.39 is 59.6 Å². The van der Waals surface area contributed by atoms with Gasteiger partial charge in [-0.05, 0) is 58.3 Å². The first-order valence-corrected chi connectivity index (χ1v) is 12.3. The minimum absolute atomic E-state index is 0.155. The van der Waals surface area contributed by atoms with Crippen LogP contribution in [0.1, 0.15) is 73.1 Å². The van der Waals surface area contributed by atoms with Gasteiger partial charge in [0.2, 0.25) is 0 Å². The van der Waals surface area contributed by atoms with E-state index >= 15 is 0 Å². The minimum atomic E-state index is -0.723. The minimum Gasteiger partial charge on any atom is -0.459 e. The maximum atomic E-state index is 13.4. The smallest absolute Gasteiger partial charge is 0.344 e. The summed E-state index contributed by atoms with van der Waals surface area (Å²) in [6.07, 6.45) is 3.57. The quantitative estimate of drug-likeness (QED) is 0.398. The van der Waals surface area contributed by atoms with Gasteiger partial charge >= 0.3 is 23.9 Å². The van der Waals surface area contributed by atoms with Gasteiger partial charge in [-0.25, -0.2) is 4.79 Å². The van der Waals surface area contributed by atoms with Crippen molar-refractivity contribution in [2.45, 2.75) is 91.0 Å². The van der Waals surface area contributed by atoms with Crippen molar-refractivity contribution in [3.05, 3.63) is 0 Å². The monoisotopic (exact) mass is 464 g/mol. The molecule has 8 heteroatoms. The first kappa shape index (κ1) is 24.0. The topological polar surface area (TPSA) is 105 Å². The van der Waals surface area contributed by atoms with E-state index in [2.05, 4.69) is 13.8 Å². The summed E-state index contributed by atoms with van der Waals surface area (Å²) in [7, 11) is 0. The van der Waals surface area contributed by atoms with Crippen molar-refractivity contribution in [1.29, 1.82) is 0 Å². The lowest BCUT2D eigenvalue weighted by Gasteiger charge is -2.37. The van der Waals surface area contributed by atoms with Crippen molar-refractivity contribution < 1.29 is 38.1 Å². The van der Waals surface area contributed by atoms with Gasteiger partial charge in [0.1, 0.15) is 17.8 Å². The first-order valence-electron chi connectivity index (χ1n) is 12.3. The van der Waals surface area contributed by atoms with Gasteiger partial charge in [-0.3, -0.25) is 14.4 Å². The predicted molar refractivity (Wildman–Crippen MR) is 115 cm³/mol. The van der Waals surface area contributed by atoms with Crippen LogP contribution in [0.2, 0.25) is 0 Å². The standard InChI is InChI=1S/C25H36O8/c1-6-24(4,5)23(29)30-12-16(26)31-19-15-11-14-17(21(27)32-20(14)19)18(15)22(28)33-25(13(2)3)9-7-8-10-25/h13-15,17-20H,6-12H2,1-5H3. The fourth-order valence-electron chi connectivity index (χ4n) is 6.16. The lowest BCUT2D eigenvalue weighted by Crippen LogP contribution is -2.47. The highest BCUT2D eigenvalue weighted by Crippen LogP contribution is 2.59. The third-order valence-corrected chi connectivity index (χ3v) is 8.65. The number of hydrogen-bond donors (Lipinski definition) is 0. The van der Waals surface area contributed by atoms with Gasteiger partial charge in [0.25, 0.3) is 0 Å². The molecule has 3 saturated carbocycles. The van der Waals surface area contributed by atoms with E-state index in [0.29, 0.717) is 12.8 Å². The van der Waals surface area contributed by atoms with Crippen molar-refractivity contribution in [3.8, 4) is 0 Å². The number of rotatable bonds is 8. The fraction of sp³-hybridized carbons (Fsp3) is 0.840. The molecule has 3 aliphatic carbocycles. The van der Waals surface area contributed by atoms with Crippen LogP contribution in [0.3, 0.4) is 0 Å². The zero-order chi connectivity index (χ0) is 24.1. The molecule has 6 atom stereocenters. The highest BCUT2D eigenvalue weighted by molar-refractivity contribution is 5.86. The number of carbonyl (C=O) groups is 4. The Kier molecular flexibility index (Phi) is 6.25. The molecule has 0 aromatic carbocycles. The molecule has 0 aromatic heterocycles. The molecule has 0 radical (unpaired) electrons. The number of esters is 4. The maximum absolute atomic E-state index is 13.4. The van der Waals surface area contributed by atoms with Crippen LogP contribution in [0.15, 0.2) is 0 Å². The van der Waals surface area contributed by atoms with Gasteiger partial charge in [0.15, 0.2) is 6.61 Å². The summed E-state index contributed by atoms with van der Waals surface area (Å²) in [5.74, 6) is -3.46. The Labute approximate surface area is 195 Å². The largest absolute Gasteiger partial charge is 0.459 e. The van der Waals surface area contributed by atoms with Crippen molar-refractivity contribution in [1.82, 2.24) is 0 Å². The third-order valence-electron chi connectivity index (χ3n) is 8.65. The summed E-state index contributed by atoms with van der Waals surface area (Å²) in [5.41, 5.74) is -1.18. The number of hydrogen-bond acceptors (Lipinski definition) is 8. The Morgan fingerprint density at radius 2 is 1.82 bits per heavy atom. The second-order valence-corrected chi connectivity index (χ2v) is 11.1. The van der Waals surface area contributed by atoms with Crippen molar-refractivity contribution >= 4 is 23.9 Å². The lowest BCUT2D eigenvalue weighted by atomic mass is 9.78. The van der Waals surface area contributed by atoms with Crippen LogP contribution in [0.5, 0.6) is 0 Å². The van der Waals surface area contributed by atoms with Crippen LogP contribution < -0.4 is 0 Å². The Morgan fingerprint density at radius 1 is 1.15 bits per heavy atom. The van der Waals surface area contributed by atoms with Crippen LogP contribution in [0.4, 0.5) is 0 Å². The van der Waals surface area contributed by atoms with Gasteiger partial charge in [-0.15, -0.1) is 0 Å². The van der Waals surface area contributed by atoms with Crippen LogP contribution in [-0.2, 0) is 38.1 Å². The fourth-order valence-corrected chi connectivity index (χ4v) is 6.16. The molecule has 1 aliphatic heterocycles. The average molecular weight is 465 g/mol. The second kappa shape index (κ2) is 8.58. The number of fused-ring (bicyclic) bond motifs is 1. The summed E-state index contributed by atoms with van der Waals surface area (Å²) in [4.78, 5) is 50.6. The summed E-state index contributed by atoms with van der Waals surface area (Å²) in [6, 6.07) is 0. The molecule has 33 heavy (non-hydrogen) atoms. The highest BCUT2D eigenvalue weighted by atomic mass is 16.6. The number of ether oxygens (including phenoxy) is 4. The first-order chi connectivity index (χ1) is 15.5. The van der Waals surface area contributed by atoms with E-state index in [1.54, 1.807) is 13.8 Å². The molecule has 2 bridgehead atoms. The van der Waals surface area contributed by atoms with Crippen molar-refractivity contribution in [2.24, 2.45) is 35.0 Å². The lowest BCUT2D eigenvalue weighted by molar-refractivity contribution is -0.181. The van der Waals surface area contributed by atoms with Crippen LogP contribution >= 0.6 is 0 Å². The summed E-state index contributed by atoms with van der Waals surface area (Å²) in [5, 5.41) is 0. The maximum Gasteiger partial charge on any atom is 0.344 e. The van der Waals surface area contributed by atoms with E-state index in [4.69, 9.17) is 18.9 Å². The Hall–Kier alpha value is -2.12. The normalized spacial score (nSPS) is 33.8. The van der Waals surface area contributed by atoms with E-state index in [9.17, 15) is 19.2 Å². The van der Waals surface area contributed by atoms with Crippen LogP contribution in [0, 0.1) is 35.0 Å². The number of carbonyl (C=O) groups excluding carboxylic acids is 4. The molecule has 8 nitrogen and oxygen atoms in total. The van der Waals surface area contributed by atoms with Gasteiger partial charge in [-0.2, -0.15) is 0 Å². The Balaban J connectivity index is 1.44. The molecule has 0 aromatic rings. The van der Waals surface area contributed by atoms with Gasteiger partial charge in [0.05, 0.1) is 17.3 Å². The Bertz CT molecular complexity index is 824. The van der Waals surface area contributed by atoms with Crippen molar-refractivity contribution in [2.75, 3.05) is 6.61 Å². The van der Waals surface area contributed by atoms with Crippen molar-refractivity contribution in [3.63, 3.8) is 0 Å². The van der Waals surface area contributed by atoms with Gasteiger partial charge < -0.3 is 18.9 Å². The summed E-state index contributed by atoms with van der Waals surface area (Å²) < 4.78 is 22.4. The zero-order valence-electron chi connectivity index (χ0n) is 20.3. The molecule has 4 rings (SSSR count). The summed E-state index contributed by atoms with van der Waals surface area (Å²) in [6.45, 7) is 8.98. The second-order valence-electron chi connectivity index (χ2n) is 11.1. The predicted octanol–water partition coefficient (Wildman–Crippen LogP) is 3.20. The molecule has 0 spiro atoms. The summed E-state index contributed by atoms with van der Waals surface area (Å²) >= 11 is 0. The molecule has 184 valence electrons. The molecular formula is C25H36O8. The SMILES string of the molecule is CCC(C)(C)C(=O)OCC(=O)OC1C2CC3C1OC(=O)C3C2C(=O)OC1(C(C)C)CCCC1. The molecule has 0 N–H and O–H groups in total. The average Bonchev–Trinajstić information content (AvgIpc) is 3.50. The molecule has 4 fully saturated rings. The molecule has 6 unspecified atom stereocenters. The molecular weight excluding hydrogens is 428 g/mol. The van der Waals surface area contributed by atoms with E-state index in [0.717, 1.165) is 25.7 Å². The van der Waals surface area contributed by atoms with Gasteiger partial charge in [-0.1, -0.05) is 20.8 Å². The highest BCUT2D eigenvalue weighted by Gasteiger charge is 2.70. The van der Waals surface area contributed by atoms with E-state index in [-0.39, 0.29) is 23.7 Å². The van der Waals surface area contributed by atoms with E-state index in [1.807, 2.05) is 6.92 Å². The molecule has 1 saturated heterocycles. The molecule has 0 amide bonds. The molecule has 1 heterocycles. The van der Waals surface area contributed by atoms with E-state index in [1.165, 1.54) is 0 Å². The Morgan fingerprint density at radius 3 is 2.42 bits per heavy atom. The van der Waals surface area contributed by atoms with Crippen LogP contribution in [-0.4, -0.2) is 48.3 Å².